The number of pyridine rings is 1. The lowest BCUT2D eigenvalue weighted by molar-refractivity contribution is 0.614. The fraction of sp³-hybridized carbons (Fsp3) is 0.0556. The van der Waals surface area contributed by atoms with Gasteiger partial charge in [-0.3, -0.25) is 4.98 Å². The van der Waals surface area contributed by atoms with Gasteiger partial charge in [-0.15, -0.1) is 0 Å². The van der Waals surface area contributed by atoms with E-state index in [0.717, 1.165) is 16.8 Å². The van der Waals surface area contributed by atoms with Gasteiger partial charge in [-0.2, -0.15) is 0 Å². The zero-order valence-corrected chi connectivity index (χ0v) is 11.0. The average molecular weight is 263 g/mol. The zero-order valence-electron chi connectivity index (χ0n) is 11.0. The van der Waals surface area contributed by atoms with Gasteiger partial charge in [0.25, 0.3) is 0 Å². The Morgan fingerprint density at radius 2 is 1.65 bits per heavy atom. The lowest BCUT2D eigenvalue weighted by atomic mass is 10.0. The van der Waals surface area contributed by atoms with Crippen molar-refractivity contribution in [2.45, 2.75) is 6.42 Å². The molecular formula is C18H14FN. The minimum atomic E-state index is -0.173. The van der Waals surface area contributed by atoms with E-state index in [0.29, 0.717) is 12.0 Å². The molecule has 3 rings (SSSR count). The minimum absolute atomic E-state index is 0.173. The summed E-state index contributed by atoms with van der Waals surface area (Å²) in [6.07, 6.45) is 2.34. The van der Waals surface area contributed by atoms with Crippen molar-refractivity contribution >= 4 is 0 Å². The smallest absolute Gasteiger partial charge is 0.126 e. The van der Waals surface area contributed by atoms with Crippen molar-refractivity contribution in [3.63, 3.8) is 0 Å². The van der Waals surface area contributed by atoms with Gasteiger partial charge in [0.05, 0.1) is 5.69 Å². The molecule has 0 atom stereocenters. The van der Waals surface area contributed by atoms with E-state index in [4.69, 9.17) is 0 Å². The summed E-state index contributed by atoms with van der Waals surface area (Å²) < 4.78 is 14.0. The van der Waals surface area contributed by atoms with Crippen molar-refractivity contribution in [2.75, 3.05) is 0 Å². The van der Waals surface area contributed by atoms with Gasteiger partial charge in [-0.05, 0) is 41.5 Å². The van der Waals surface area contributed by atoms with Gasteiger partial charge in [0.1, 0.15) is 5.82 Å². The van der Waals surface area contributed by atoms with Crippen LogP contribution in [0.15, 0.2) is 72.9 Å². The third-order valence-corrected chi connectivity index (χ3v) is 3.24. The SMILES string of the molecule is Fc1ccc(-c2ccccn2)cc1Cc1ccccc1. The number of rotatable bonds is 3. The predicted molar refractivity (Wildman–Crippen MR) is 78.9 cm³/mol. The molecule has 0 aliphatic heterocycles. The summed E-state index contributed by atoms with van der Waals surface area (Å²) in [6.45, 7) is 0. The van der Waals surface area contributed by atoms with Crippen LogP contribution >= 0.6 is 0 Å². The maximum atomic E-state index is 14.0. The molecule has 0 saturated heterocycles. The minimum Gasteiger partial charge on any atom is -0.256 e. The number of benzene rings is 2. The third-order valence-electron chi connectivity index (χ3n) is 3.24. The van der Waals surface area contributed by atoms with Crippen LogP contribution in [0, 0.1) is 5.82 Å². The van der Waals surface area contributed by atoms with Crippen LogP contribution in [-0.4, -0.2) is 4.98 Å². The molecule has 0 aliphatic rings. The average Bonchev–Trinajstić information content (AvgIpc) is 2.51. The fourth-order valence-electron chi connectivity index (χ4n) is 2.22. The molecule has 0 spiro atoms. The van der Waals surface area contributed by atoms with E-state index in [-0.39, 0.29) is 5.82 Å². The van der Waals surface area contributed by atoms with E-state index in [1.54, 1.807) is 12.3 Å². The van der Waals surface area contributed by atoms with Crippen LogP contribution in [0.1, 0.15) is 11.1 Å². The van der Waals surface area contributed by atoms with Crippen molar-refractivity contribution < 1.29 is 4.39 Å². The Morgan fingerprint density at radius 3 is 2.40 bits per heavy atom. The first-order valence-corrected chi connectivity index (χ1v) is 6.57. The summed E-state index contributed by atoms with van der Waals surface area (Å²) in [4.78, 5) is 4.30. The molecule has 0 saturated carbocycles. The Balaban J connectivity index is 1.95. The molecule has 0 N–H and O–H groups in total. The highest BCUT2D eigenvalue weighted by molar-refractivity contribution is 5.60. The first-order chi connectivity index (χ1) is 9.83. The van der Waals surface area contributed by atoms with Gasteiger partial charge < -0.3 is 0 Å². The summed E-state index contributed by atoms with van der Waals surface area (Å²) in [5.41, 5.74) is 3.60. The van der Waals surface area contributed by atoms with Gasteiger partial charge in [0.2, 0.25) is 0 Å². The molecule has 2 aromatic carbocycles. The second-order valence-corrected chi connectivity index (χ2v) is 4.68. The maximum Gasteiger partial charge on any atom is 0.126 e. The quantitative estimate of drug-likeness (QED) is 0.679. The van der Waals surface area contributed by atoms with Gasteiger partial charge >= 0.3 is 0 Å². The standard InChI is InChI=1S/C18H14FN/c19-17-10-9-15(18-8-4-5-11-20-18)13-16(17)12-14-6-2-1-3-7-14/h1-11,13H,12H2. The van der Waals surface area contributed by atoms with E-state index in [1.807, 2.05) is 54.6 Å². The Morgan fingerprint density at radius 1 is 0.850 bits per heavy atom. The van der Waals surface area contributed by atoms with Crippen LogP contribution in [0.2, 0.25) is 0 Å². The number of nitrogens with zero attached hydrogens (tertiary/aromatic N) is 1. The maximum absolute atomic E-state index is 14.0. The van der Waals surface area contributed by atoms with Gasteiger partial charge in [-0.1, -0.05) is 36.4 Å². The molecule has 20 heavy (non-hydrogen) atoms. The number of aromatic nitrogens is 1. The monoisotopic (exact) mass is 263 g/mol. The zero-order chi connectivity index (χ0) is 13.8. The Labute approximate surface area is 117 Å². The highest BCUT2D eigenvalue weighted by Crippen LogP contribution is 2.22. The highest BCUT2D eigenvalue weighted by Gasteiger charge is 2.06. The summed E-state index contributed by atoms with van der Waals surface area (Å²) in [5.74, 6) is -0.173. The van der Waals surface area contributed by atoms with Crippen molar-refractivity contribution in [1.29, 1.82) is 0 Å². The van der Waals surface area contributed by atoms with Crippen molar-refractivity contribution in [3.05, 3.63) is 89.9 Å². The van der Waals surface area contributed by atoms with Gasteiger partial charge in [0, 0.05) is 18.2 Å². The molecule has 1 nitrogen and oxygen atoms in total. The second kappa shape index (κ2) is 5.66. The molecule has 1 heterocycles. The van der Waals surface area contributed by atoms with Gasteiger partial charge in [-0.25, -0.2) is 4.39 Å². The van der Waals surface area contributed by atoms with Crippen LogP contribution < -0.4 is 0 Å². The van der Waals surface area contributed by atoms with E-state index in [9.17, 15) is 4.39 Å². The summed E-state index contributed by atoms with van der Waals surface area (Å²) in [7, 11) is 0. The van der Waals surface area contributed by atoms with E-state index >= 15 is 0 Å². The molecule has 0 unspecified atom stereocenters. The molecule has 1 aromatic heterocycles. The molecule has 0 bridgehead atoms. The molecule has 2 heteroatoms. The normalized spacial score (nSPS) is 10.4. The van der Waals surface area contributed by atoms with Crippen molar-refractivity contribution in [2.24, 2.45) is 0 Å². The molecule has 0 fully saturated rings. The van der Waals surface area contributed by atoms with Gasteiger partial charge in [0.15, 0.2) is 0 Å². The first-order valence-electron chi connectivity index (χ1n) is 6.57. The Hall–Kier alpha value is -2.48. The van der Waals surface area contributed by atoms with Crippen LogP contribution in [0.4, 0.5) is 4.39 Å². The number of hydrogen-bond acceptors (Lipinski definition) is 1. The highest BCUT2D eigenvalue weighted by atomic mass is 19.1. The largest absolute Gasteiger partial charge is 0.256 e. The van der Waals surface area contributed by atoms with Crippen molar-refractivity contribution in [3.8, 4) is 11.3 Å². The van der Waals surface area contributed by atoms with E-state index in [2.05, 4.69) is 4.98 Å². The Bertz CT molecular complexity index is 693. The number of hydrogen-bond donors (Lipinski definition) is 0. The van der Waals surface area contributed by atoms with Crippen LogP contribution in [0.25, 0.3) is 11.3 Å². The van der Waals surface area contributed by atoms with E-state index < -0.39 is 0 Å². The summed E-state index contributed by atoms with van der Waals surface area (Å²) in [6, 6.07) is 20.8. The lowest BCUT2D eigenvalue weighted by Gasteiger charge is -2.07. The number of halogens is 1. The van der Waals surface area contributed by atoms with E-state index in [1.165, 1.54) is 6.07 Å². The van der Waals surface area contributed by atoms with Crippen molar-refractivity contribution in [1.82, 2.24) is 4.98 Å². The lowest BCUT2D eigenvalue weighted by Crippen LogP contribution is -1.94. The fourth-order valence-corrected chi connectivity index (χ4v) is 2.22. The predicted octanol–water partition coefficient (Wildman–Crippen LogP) is 4.48. The third kappa shape index (κ3) is 2.75. The summed E-state index contributed by atoms with van der Waals surface area (Å²) >= 11 is 0. The first kappa shape index (κ1) is 12.5. The topological polar surface area (TPSA) is 12.9 Å². The van der Waals surface area contributed by atoms with Crippen LogP contribution in [0.5, 0.6) is 0 Å². The molecular weight excluding hydrogens is 249 g/mol. The molecule has 98 valence electrons. The molecule has 0 amide bonds. The molecule has 0 aliphatic carbocycles. The molecule has 0 radical (unpaired) electrons. The summed E-state index contributed by atoms with van der Waals surface area (Å²) in [5, 5.41) is 0. The second-order valence-electron chi connectivity index (χ2n) is 4.68. The van der Waals surface area contributed by atoms with Crippen LogP contribution in [0.3, 0.4) is 0 Å². The van der Waals surface area contributed by atoms with Crippen LogP contribution in [-0.2, 0) is 6.42 Å². The molecule has 3 aromatic rings. The Kier molecular flexibility index (Phi) is 3.55.